The van der Waals surface area contributed by atoms with E-state index in [1.807, 2.05) is 60.7 Å². The van der Waals surface area contributed by atoms with E-state index in [1.165, 1.54) is 0 Å². The van der Waals surface area contributed by atoms with Gasteiger partial charge in [-0.15, -0.1) is 0 Å². The predicted molar refractivity (Wildman–Crippen MR) is 115 cm³/mol. The van der Waals surface area contributed by atoms with Crippen LogP contribution >= 0.6 is 39.1 Å². The minimum absolute atomic E-state index is 0.380. The van der Waals surface area contributed by atoms with Crippen LogP contribution in [0.5, 0.6) is 11.5 Å². The van der Waals surface area contributed by atoms with Crippen molar-refractivity contribution in [1.29, 1.82) is 0 Å². The van der Waals surface area contributed by atoms with E-state index < -0.39 is 0 Å². The number of benzene rings is 3. The van der Waals surface area contributed by atoms with E-state index in [-0.39, 0.29) is 0 Å². The van der Waals surface area contributed by atoms with Gasteiger partial charge >= 0.3 is 0 Å². The van der Waals surface area contributed by atoms with Gasteiger partial charge in [0.1, 0.15) is 6.61 Å². The summed E-state index contributed by atoms with van der Waals surface area (Å²) in [6.45, 7) is 1.02. The molecule has 27 heavy (non-hydrogen) atoms. The summed E-state index contributed by atoms with van der Waals surface area (Å²) >= 11 is 15.7. The van der Waals surface area contributed by atoms with Crippen LogP contribution in [0.4, 0.5) is 5.69 Å². The zero-order valence-electron chi connectivity index (χ0n) is 14.6. The number of methoxy groups -OCH3 is 1. The molecule has 0 bridgehead atoms. The molecule has 3 aromatic carbocycles. The molecule has 0 aliphatic carbocycles. The van der Waals surface area contributed by atoms with Crippen molar-refractivity contribution < 1.29 is 9.47 Å². The molecular weight excluding hydrogens is 449 g/mol. The molecule has 0 radical (unpaired) electrons. The van der Waals surface area contributed by atoms with Crippen LogP contribution in [-0.4, -0.2) is 7.11 Å². The summed E-state index contributed by atoms with van der Waals surface area (Å²) in [5, 5.41) is 4.70. The summed E-state index contributed by atoms with van der Waals surface area (Å²) in [6, 6.07) is 19.2. The molecule has 0 aromatic heterocycles. The largest absolute Gasteiger partial charge is 0.493 e. The summed E-state index contributed by atoms with van der Waals surface area (Å²) in [5.41, 5.74) is 2.94. The van der Waals surface area contributed by atoms with E-state index >= 15 is 0 Å². The van der Waals surface area contributed by atoms with Crippen LogP contribution in [0, 0.1) is 0 Å². The zero-order valence-corrected chi connectivity index (χ0v) is 17.7. The maximum atomic E-state index is 6.18. The predicted octanol–water partition coefficient (Wildman–Crippen LogP) is 6.96. The van der Waals surface area contributed by atoms with E-state index in [1.54, 1.807) is 7.11 Å². The Morgan fingerprint density at radius 3 is 2.48 bits per heavy atom. The fourth-order valence-electron chi connectivity index (χ4n) is 2.52. The molecule has 0 aliphatic rings. The molecule has 0 spiro atoms. The van der Waals surface area contributed by atoms with Crippen molar-refractivity contribution in [2.24, 2.45) is 0 Å². The van der Waals surface area contributed by atoms with Gasteiger partial charge in [0.15, 0.2) is 11.5 Å². The Labute approximate surface area is 177 Å². The van der Waals surface area contributed by atoms with Crippen LogP contribution in [0.25, 0.3) is 0 Å². The molecule has 0 heterocycles. The van der Waals surface area contributed by atoms with Crippen LogP contribution in [0.15, 0.2) is 65.1 Å². The van der Waals surface area contributed by atoms with Crippen molar-refractivity contribution in [2.75, 3.05) is 12.4 Å². The highest BCUT2D eigenvalue weighted by molar-refractivity contribution is 9.10. The lowest BCUT2D eigenvalue weighted by Crippen LogP contribution is -2.02. The molecule has 3 rings (SSSR count). The number of rotatable bonds is 7. The lowest BCUT2D eigenvalue weighted by atomic mass is 10.2. The minimum Gasteiger partial charge on any atom is -0.493 e. The highest BCUT2D eigenvalue weighted by atomic mass is 79.9. The molecule has 0 saturated carbocycles. The van der Waals surface area contributed by atoms with Crippen molar-refractivity contribution in [3.05, 3.63) is 86.3 Å². The van der Waals surface area contributed by atoms with E-state index in [0.29, 0.717) is 34.7 Å². The first kappa shape index (κ1) is 19.9. The fraction of sp³-hybridized carbons (Fsp3) is 0.143. The topological polar surface area (TPSA) is 30.5 Å². The molecule has 0 amide bonds. The summed E-state index contributed by atoms with van der Waals surface area (Å²) < 4.78 is 12.2. The number of hydrogen-bond acceptors (Lipinski definition) is 3. The lowest BCUT2D eigenvalue weighted by Gasteiger charge is -2.14. The molecule has 0 fully saturated rings. The quantitative estimate of drug-likeness (QED) is 0.408. The van der Waals surface area contributed by atoms with Crippen LogP contribution < -0.4 is 14.8 Å². The summed E-state index contributed by atoms with van der Waals surface area (Å²) in [5.74, 6) is 1.35. The van der Waals surface area contributed by atoms with Crippen LogP contribution in [0.3, 0.4) is 0 Å². The second kappa shape index (κ2) is 9.36. The van der Waals surface area contributed by atoms with Gasteiger partial charge in [-0.25, -0.2) is 0 Å². The second-order valence-electron chi connectivity index (χ2n) is 5.85. The van der Waals surface area contributed by atoms with Gasteiger partial charge in [0.05, 0.1) is 12.1 Å². The standard InChI is InChI=1S/C21H18BrCl2NO2/c1-26-21-10-14(12-25-16-7-8-17(22)19(24)11-16)6-9-20(21)27-13-15-4-2-3-5-18(15)23/h2-11,25H,12-13H2,1H3. The normalized spacial score (nSPS) is 10.5. The minimum atomic E-state index is 0.380. The van der Waals surface area contributed by atoms with E-state index in [0.717, 1.165) is 21.3 Å². The number of ether oxygens (including phenoxy) is 2. The Morgan fingerprint density at radius 1 is 0.926 bits per heavy atom. The van der Waals surface area contributed by atoms with Gasteiger partial charge in [-0.3, -0.25) is 0 Å². The second-order valence-corrected chi connectivity index (χ2v) is 7.52. The molecule has 3 nitrogen and oxygen atoms in total. The average molecular weight is 467 g/mol. The van der Waals surface area contributed by atoms with E-state index in [4.69, 9.17) is 32.7 Å². The third kappa shape index (κ3) is 5.32. The summed E-state index contributed by atoms with van der Waals surface area (Å²) in [7, 11) is 1.63. The molecule has 0 saturated heterocycles. The van der Waals surface area contributed by atoms with Crippen LogP contribution in [-0.2, 0) is 13.2 Å². The van der Waals surface area contributed by atoms with Gasteiger partial charge in [-0.05, 0) is 57.9 Å². The first-order valence-corrected chi connectivity index (χ1v) is 9.84. The van der Waals surface area contributed by atoms with Gasteiger partial charge in [0.25, 0.3) is 0 Å². The van der Waals surface area contributed by atoms with Crippen molar-refractivity contribution in [3.63, 3.8) is 0 Å². The first-order chi connectivity index (χ1) is 13.1. The third-order valence-electron chi connectivity index (χ3n) is 3.99. The molecule has 0 aliphatic heterocycles. The Bertz CT molecular complexity index is 934. The van der Waals surface area contributed by atoms with Crippen molar-refractivity contribution in [3.8, 4) is 11.5 Å². The Morgan fingerprint density at radius 2 is 1.74 bits per heavy atom. The van der Waals surface area contributed by atoms with Gasteiger partial charge in [0.2, 0.25) is 0 Å². The monoisotopic (exact) mass is 465 g/mol. The first-order valence-electron chi connectivity index (χ1n) is 8.29. The maximum absolute atomic E-state index is 6.18. The lowest BCUT2D eigenvalue weighted by molar-refractivity contribution is 0.284. The summed E-state index contributed by atoms with van der Waals surface area (Å²) in [6.07, 6.45) is 0. The average Bonchev–Trinajstić information content (AvgIpc) is 2.68. The highest BCUT2D eigenvalue weighted by Gasteiger charge is 2.08. The SMILES string of the molecule is COc1cc(CNc2ccc(Br)c(Cl)c2)ccc1OCc1ccccc1Cl. The Kier molecular flexibility index (Phi) is 6.89. The third-order valence-corrected chi connectivity index (χ3v) is 5.59. The van der Waals surface area contributed by atoms with Crippen LogP contribution in [0.2, 0.25) is 10.0 Å². The number of hydrogen-bond donors (Lipinski definition) is 1. The molecule has 3 aromatic rings. The van der Waals surface area contributed by atoms with Gasteiger partial charge in [0, 0.05) is 27.3 Å². The molecule has 0 unspecified atom stereocenters. The van der Waals surface area contributed by atoms with Gasteiger partial charge in [-0.1, -0.05) is 47.5 Å². The zero-order chi connectivity index (χ0) is 19.2. The van der Waals surface area contributed by atoms with Crippen molar-refractivity contribution in [1.82, 2.24) is 0 Å². The fourth-order valence-corrected chi connectivity index (χ4v) is 3.14. The van der Waals surface area contributed by atoms with E-state index in [2.05, 4.69) is 21.2 Å². The van der Waals surface area contributed by atoms with E-state index in [9.17, 15) is 0 Å². The number of anilines is 1. The van der Waals surface area contributed by atoms with Crippen LogP contribution in [0.1, 0.15) is 11.1 Å². The maximum Gasteiger partial charge on any atom is 0.161 e. The Hall–Kier alpha value is -1.88. The molecule has 0 atom stereocenters. The van der Waals surface area contributed by atoms with Gasteiger partial charge < -0.3 is 14.8 Å². The van der Waals surface area contributed by atoms with Crippen molar-refractivity contribution >= 4 is 44.8 Å². The van der Waals surface area contributed by atoms with Gasteiger partial charge in [-0.2, -0.15) is 0 Å². The van der Waals surface area contributed by atoms with Crippen molar-refractivity contribution in [2.45, 2.75) is 13.2 Å². The smallest absolute Gasteiger partial charge is 0.161 e. The molecular formula is C21H18BrCl2NO2. The molecule has 1 N–H and O–H groups in total. The Balaban J connectivity index is 1.66. The number of halogens is 3. The molecule has 140 valence electrons. The molecule has 6 heteroatoms. The highest BCUT2D eigenvalue weighted by Crippen LogP contribution is 2.30. The summed E-state index contributed by atoms with van der Waals surface area (Å²) in [4.78, 5) is 0. The number of nitrogens with one attached hydrogen (secondary N) is 1.